The number of esters is 1. The lowest BCUT2D eigenvalue weighted by Crippen LogP contribution is -2.28. The summed E-state index contributed by atoms with van der Waals surface area (Å²) in [4.78, 5) is 31.5. The summed E-state index contributed by atoms with van der Waals surface area (Å²) in [7, 11) is 0. The maximum atomic E-state index is 12.3. The zero-order chi connectivity index (χ0) is 24.4. The number of para-hydroxylation sites is 1. The number of carbonyl (C=O) groups excluding carboxylic acids is 2. The van der Waals surface area contributed by atoms with Gasteiger partial charge in [0.25, 0.3) is 5.91 Å². The van der Waals surface area contributed by atoms with Crippen LogP contribution in [0.4, 0.5) is 5.69 Å². The Kier molecular flexibility index (Phi) is 6.30. The first-order valence-electron chi connectivity index (χ1n) is 10.7. The van der Waals surface area contributed by atoms with Crippen LogP contribution in [0.2, 0.25) is 0 Å². The number of hydrogen-bond acceptors (Lipinski definition) is 8. The van der Waals surface area contributed by atoms with Gasteiger partial charge >= 0.3 is 5.97 Å². The maximum Gasteiger partial charge on any atom is 0.338 e. The van der Waals surface area contributed by atoms with E-state index in [1.165, 1.54) is 22.7 Å². The molecule has 0 saturated heterocycles. The Balaban J connectivity index is 1.20. The molecule has 0 bridgehead atoms. The quantitative estimate of drug-likeness (QED) is 0.317. The SMILES string of the molecule is N=C1C(c2nc3ccccc3s2)=C(O)CN1c1ccc(C(=O)OCC(=O)NCc2cccs2)cc1. The number of aliphatic hydroxyl groups is 1. The summed E-state index contributed by atoms with van der Waals surface area (Å²) in [5.74, 6) is -0.779. The van der Waals surface area contributed by atoms with Gasteiger partial charge in [-0.05, 0) is 47.8 Å². The monoisotopic (exact) mass is 504 g/mol. The van der Waals surface area contributed by atoms with E-state index >= 15 is 0 Å². The molecule has 0 aliphatic carbocycles. The van der Waals surface area contributed by atoms with Gasteiger partial charge in [-0.15, -0.1) is 22.7 Å². The van der Waals surface area contributed by atoms with Gasteiger partial charge in [-0.3, -0.25) is 10.2 Å². The first-order chi connectivity index (χ1) is 17.0. The smallest absolute Gasteiger partial charge is 0.338 e. The summed E-state index contributed by atoms with van der Waals surface area (Å²) in [6.07, 6.45) is 0. The van der Waals surface area contributed by atoms with Crippen molar-refractivity contribution in [2.24, 2.45) is 0 Å². The Morgan fingerprint density at radius 1 is 1.11 bits per heavy atom. The van der Waals surface area contributed by atoms with Crippen molar-refractivity contribution in [3.05, 3.63) is 87.3 Å². The number of nitrogens with zero attached hydrogens (tertiary/aromatic N) is 2. The molecule has 0 saturated carbocycles. The molecule has 4 aromatic rings. The van der Waals surface area contributed by atoms with E-state index in [0.717, 1.165) is 15.1 Å². The summed E-state index contributed by atoms with van der Waals surface area (Å²) in [5, 5.41) is 24.4. The standard InChI is InChI=1S/C25H20N4O4S2/c26-23-22(24-28-18-5-1-2-6-20(18)35-24)19(30)13-29(23)16-9-7-15(8-10-16)25(32)33-14-21(31)27-12-17-4-3-11-34-17/h1-11,26,30H,12-14H2,(H,27,31). The van der Waals surface area contributed by atoms with Crippen LogP contribution in [0.3, 0.4) is 0 Å². The van der Waals surface area contributed by atoms with Gasteiger partial charge in [-0.2, -0.15) is 0 Å². The number of amidine groups is 1. The lowest BCUT2D eigenvalue weighted by atomic mass is 10.2. The Hall–Kier alpha value is -4.02. The van der Waals surface area contributed by atoms with Crippen molar-refractivity contribution >= 4 is 61.9 Å². The van der Waals surface area contributed by atoms with E-state index in [0.29, 0.717) is 22.8 Å². The molecule has 1 aliphatic heterocycles. The molecule has 5 rings (SSSR count). The highest BCUT2D eigenvalue weighted by Gasteiger charge is 2.31. The number of anilines is 1. The van der Waals surface area contributed by atoms with Crippen molar-refractivity contribution in [2.45, 2.75) is 6.54 Å². The predicted molar refractivity (Wildman–Crippen MR) is 137 cm³/mol. The molecule has 0 radical (unpaired) electrons. The normalized spacial score (nSPS) is 13.5. The number of aliphatic hydroxyl groups excluding tert-OH is 1. The third-order valence-corrected chi connectivity index (χ3v) is 7.33. The van der Waals surface area contributed by atoms with Gasteiger partial charge in [0.05, 0.1) is 34.4 Å². The van der Waals surface area contributed by atoms with E-state index in [4.69, 9.17) is 10.1 Å². The molecule has 0 fully saturated rings. The molecule has 8 nitrogen and oxygen atoms in total. The average molecular weight is 505 g/mol. The lowest BCUT2D eigenvalue weighted by molar-refractivity contribution is -0.124. The van der Waals surface area contributed by atoms with Crippen LogP contribution in [0.15, 0.2) is 71.8 Å². The summed E-state index contributed by atoms with van der Waals surface area (Å²) in [6, 6.07) is 18.0. The predicted octanol–water partition coefficient (Wildman–Crippen LogP) is 4.60. The fourth-order valence-electron chi connectivity index (χ4n) is 3.65. The number of thiophene rings is 1. The first-order valence-corrected chi connectivity index (χ1v) is 12.4. The highest BCUT2D eigenvalue weighted by atomic mass is 32.1. The number of hydrogen-bond donors (Lipinski definition) is 3. The highest BCUT2D eigenvalue weighted by Crippen LogP contribution is 2.35. The molecule has 1 aliphatic rings. The van der Waals surface area contributed by atoms with Crippen molar-refractivity contribution in [1.29, 1.82) is 5.41 Å². The van der Waals surface area contributed by atoms with Crippen molar-refractivity contribution in [3.63, 3.8) is 0 Å². The second-order valence-electron chi connectivity index (χ2n) is 7.72. The van der Waals surface area contributed by atoms with Crippen LogP contribution in [-0.2, 0) is 16.1 Å². The molecule has 35 heavy (non-hydrogen) atoms. The van der Waals surface area contributed by atoms with Crippen molar-refractivity contribution < 1.29 is 19.4 Å². The summed E-state index contributed by atoms with van der Waals surface area (Å²) in [5.41, 5.74) is 2.15. The van der Waals surface area contributed by atoms with Crippen molar-refractivity contribution in [3.8, 4) is 0 Å². The molecular formula is C25H20N4O4S2. The van der Waals surface area contributed by atoms with Crippen LogP contribution in [0.1, 0.15) is 20.2 Å². The Labute approximate surface area is 208 Å². The van der Waals surface area contributed by atoms with E-state index in [9.17, 15) is 14.7 Å². The van der Waals surface area contributed by atoms with Gasteiger partial charge in [-0.25, -0.2) is 9.78 Å². The molecule has 0 atom stereocenters. The number of thiazole rings is 1. The largest absolute Gasteiger partial charge is 0.510 e. The van der Waals surface area contributed by atoms with Gasteiger partial charge in [0.15, 0.2) is 6.61 Å². The molecular weight excluding hydrogens is 484 g/mol. The Bertz CT molecular complexity index is 1410. The van der Waals surface area contributed by atoms with E-state index in [2.05, 4.69) is 10.3 Å². The van der Waals surface area contributed by atoms with Crippen molar-refractivity contribution in [1.82, 2.24) is 10.3 Å². The van der Waals surface area contributed by atoms with Gasteiger partial charge < -0.3 is 20.1 Å². The fraction of sp³-hybridized carbons (Fsp3) is 0.120. The van der Waals surface area contributed by atoms with Gasteiger partial charge in [0.1, 0.15) is 16.6 Å². The van der Waals surface area contributed by atoms with Crippen molar-refractivity contribution in [2.75, 3.05) is 18.1 Å². The van der Waals surface area contributed by atoms with E-state index < -0.39 is 5.97 Å². The Morgan fingerprint density at radius 2 is 1.91 bits per heavy atom. The number of rotatable bonds is 7. The van der Waals surface area contributed by atoms with Gasteiger partial charge in [-0.1, -0.05) is 18.2 Å². The Morgan fingerprint density at radius 3 is 2.66 bits per heavy atom. The summed E-state index contributed by atoms with van der Waals surface area (Å²) >= 11 is 2.96. The first kappa shape index (κ1) is 22.8. The third-order valence-electron chi connectivity index (χ3n) is 5.40. The molecule has 1 amide bonds. The summed E-state index contributed by atoms with van der Waals surface area (Å²) < 4.78 is 6.09. The fourth-order valence-corrected chi connectivity index (χ4v) is 5.32. The molecule has 3 heterocycles. The molecule has 10 heteroatoms. The molecule has 176 valence electrons. The molecule has 0 unspecified atom stereocenters. The second-order valence-corrected chi connectivity index (χ2v) is 9.79. The number of carbonyl (C=O) groups is 2. The number of nitrogens with one attached hydrogen (secondary N) is 2. The third kappa shape index (κ3) is 4.79. The van der Waals surface area contributed by atoms with E-state index in [1.54, 1.807) is 29.2 Å². The lowest BCUT2D eigenvalue weighted by Gasteiger charge is -2.18. The second kappa shape index (κ2) is 9.69. The maximum absolute atomic E-state index is 12.3. The number of aromatic nitrogens is 1. The molecule has 3 N–H and O–H groups in total. The molecule has 0 spiro atoms. The highest BCUT2D eigenvalue weighted by molar-refractivity contribution is 7.19. The zero-order valence-electron chi connectivity index (χ0n) is 18.4. The summed E-state index contributed by atoms with van der Waals surface area (Å²) in [6.45, 7) is 0.161. The number of benzene rings is 2. The minimum atomic E-state index is -0.615. The minimum absolute atomic E-state index is 0.0751. The number of fused-ring (bicyclic) bond motifs is 1. The topological polar surface area (TPSA) is 116 Å². The zero-order valence-corrected chi connectivity index (χ0v) is 20.0. The number of ether oxygens (including phenoxy) is 1. The van der Waals surface area contributed by atoms with Crippen LogP contribution in [0.25, 0.3) is 15.8 Å². The van der Waals surface area contributed by atoms with Crippen LogP contribution in [0, 0.1) is 5.41 Å². The van der Waals surface area contributed by atoms with Gasteiger partial charge in [0, 0.05) is 10.6 Å². The average Bonchev–Trinajstić information content (AvgIpc) is 3.60. The number of amides is 1. The van der Waals surface area contributed by atoms with Crippen LogP contribution >= 0.6 is 22.7 Å². The van der Waals surface area contributed by atoms with Gasteiger partial charge in [0.2, 0.25) is 0 Å². The van der Waals surface area contributed by atoms with Crippen LogP contribution in [0.5, 0.6) is 0 Å². The van der Waals surface area contributed by atoms with E-state index in [1.807, 2.05) is 41.8 Å². The molecule has 2 aromatic heterocycles. The van der Waals surface area contributed by atoms with E-state index in [-0.39, 0.29) is 36.2 Å². The minimum Gasteiger partial charge on any atom is -0.510 e. The van der Waals surface area contributed by atoms with Crippen LogP contribution in [-0.4, -0.2) is 41.0 Å². The van der Waals surface area contributed by atoms with Crippen LogP contribution < -0.4 is 10.2 Å². The molecule has 2 aromatic carbocycles.